The summed E-state index contributed by atoms with van der Waals surface area (Å²) in [6.07, 6.45) is 56.0. The van der Waals surface area contributed by atoms with Crippen LogP contribution in [-0.4, -0.2) is 37.2 Å². The van der Waals surface area contributed by atoms with Crippen LogP contribution in [-0.2, 0) is 28.6 Å². The minimum atomic E-state index is -0.801. The van der Waals surface area contributed by atoms with Crippen LogP contribution in [0, 0.1) is 0 Å². The molecule has 0 aromatic carbocycles. The summed E-state index contributed by atoms with van der Waals surface area (Å²) in [4.78, 5) is 37.8. The Hall–Kier alpha value is -3.15. The Kier molecular flexibility index (Phi) is 43.0. The van der Waals surface area contributed by atoms with E-state index in [1.165, 1.54) is 70.6 Å². The van der Waals surface area contributed by atoms with E-state index in [2.05, 4.69) is 93.7 Å². The molecular weight excluding hydrogens is 709 g/mol. The highest BCUT2D eigenvalue weighted by molar-refractivity contribution is 5.71. The molecule has 6 nitrogen and oxygen atoms in total. The van der Waals surface area contributed by atoms with E-state index in [0.29, 0.717) is 19.3 Å². The van der Waals surface area contributed by atoms with Crippen LogP contribution in [0.15, 0.2) is 72.9 Å². The number of unbranched alkanes of at least 4 members (excludes halogenated alkanes) is 18. The molecule has 0 amide bonds. The average Bonchev–Trinajstić information content (AvgIpc) is 3.21. The van der Waals surface area contributed by atoms with Gasteiger partial charge in [-0.05, 0) is 103 Å². The molecule has 6 heteroatoms. The van der Waals surface area contributed by atoms with Crippen molar-refractivity contribution in [2.45, 2.75) is 219 Å². The Morgan fingerprint density at radius 2 is 0.702 bits per heavy atom. The van der Waals surface area contributed by atoms with E-state index in [0.717, 1.165) is 96.3 Å². The Morgan fingerprint density at radius 1 is 0.368 bits per heavy atom. The van der Waals surface area contributed by atoms with Crippen LogP contribution in [0.2, 0.25) is 0 Å². The first-order valence-corrected chi connectivity index (χ1v) is 23.4. The Bertz CT molecular complexity index is 1100. The highest BCUT2D eigenvalue weighted by Gasteiger charge is 2.19. The quantitative estimate of drug-likeness (QED) is 0.0265. The monoisotopic (exact) mass is 795 g/mol. The van der Waals surface area contributed by atoms with Crippen LogP contribution >= 0.6 is 0 Å². The van der Waals surface area contributed by atoms with Gasteiger partial charge in [-0.2, -0.15) is 0 Å². The van der Waals surface area contributed by atoms with Crippen molar-refractivity contribution in [2.75, 3.05) is 13.2 Å². The van der Waals surface area contributed by atoms with E-state index < -0.39 is 6.10 Å². The molecule has 0 saturated carbocycles. The van der Waals surface area contributed by atoms with Gasteiger partial charge in [-0.1, -0.05) is 164 Å². The normalized spacial score (nSPS) is 12.7. The predicted octanol–water partition coefficient (Wildman–Crippen LogP) is 15.1. The Morgan fingerprint density at radius 3 is 1.18 bits per heavy atom. The maximum Gasteiger partial charge on any atom is 0.306 e. The summed E-state index contributed by atoms with van der Waals surface area (Å²) >= 11 is 0. The number of hydrogen-bond acceptors (Lipinski definition) is 6. The molecule has 0 saturated heterocycles. The highest BCUT2D eigenvalue weighted by atomic mass is 16.6. The van der Waals surface area contributed by atoms with Gasteiger partial charge >= 0.3 is 17.9 Å². The van der Waals surface area contributed by atoms with Gasteiger partial charge in [0.2, 0.25) is 0 Å². The van der Waals surface area contributed by atoms with Crippen molar-refractivity contribution < 1.29 is 28.6 Å². The van der Waals surface area contributed by atoms with E-state index in [-0.39, 0.29) is 37.5 Å². The standard InChI is InChI=1S/C51H86O6/c1-4-7-10-13-16-19-22-24-25-27-30-33-36-39-42-45-51(54)57-48(46-55-49(52)43-40-37-34-31-28-21-18-15-12-9-6-3)47-56-50(53)44-41-38-35-32-29-26-23-20-17-14-11-8-5-2/h7,10,15-16,18-20,23-25,30,33,48H,4-6,8-9,11-14,17,21-22,26-29,31-32,34-47H2,1-3H3/b10-7-,18-15-,19-16-,23-20-,25-24-,33-30-/t48-/m0/s1. The zero-order valence-corrected chi connectivity index (χ0v) is 37.1. The average molecular weight is 795 g/mol. The third kappa shape index (κ3) is 43.8. The van der Waals surface area contributed by atoms with Gasteiger partial charge in [0, 0.05) is 19.3 Å². The molecule has 0 aliphatic heterocycles. The fraction of sp³-hybridized carbons (Fsp3) is 0.706. The summed E-state index contributed by atoms with van der Waals surface area (Å²) in [6, 6.07) is 0. The number of hydrogen-bond donors (Lipinski definition) is 0. The molecule has 0 bridgehead atoms. The molecular formula is C51H86O6. The predicted molar refractivity (Wildman–Crippen MR) is 242 cm³/mol. The van der Waals surface area contributed by atoms with Crippen molar-refractivity contribution in [3.8, 4) is 0 Å². The zero-order chi connectivity index (χ0) is 41.5. The molecule has 57 heavy (non-hydrogen) atoms. The van der Waals surface area contributed by atoms with E-state index in [1.54, 1.807) is 0 Å². The topological polar surface area (TPSA) is 78.9 Å². The fourth-order valence-corrected chi connectivity index (χ4v) is 6.11. The van der Waals surface area contributed by atoms with Crippen LogP contribution in [0.5, 0.6) is 0 Å². The molecule has 0 rings (SSSR count). The van der Waals surface area contributed by atoms with E-state index in [1.807, 2.05) is 0 Å². The molecule has 0 aromatic heterocycles. The maximum atomic E-state index is 12.7. The second kappa shape index (κ2) is 45.6. The molecule has 0 spiro atoms. The van der Waals surface area contributed by atoms with Crippen molar-refractivity contribution in [3.63, 3.8) is 0 Å². The number of carbonyl (C=O) groups is 3. The molecule has 0 aliphatic rings. The lowest BCUT2D eigenvalue weighted by molar-refractivity contribution is -0.167. The van der Waals surface area contributed by atoms with Gasteiger partial charge in [-0.15, -0.1) is 0 Å². The molecule has 0 unspecified atom stereocenters. The summed E-state index contributed by atoms with van der Waals surface area (Å²) in [6.45, 7) is 6.40. The number of esters is 3. The second-order valence-electron chi connectivity index (χ2n) is 15.3. The van der Waals surface area contributed by atoms with Crippen LogP contribution < -0.4 is 0 Å². The fourth-order valence-electron chi connectivity index (χ4n) is 6.11. The van der Waals surface area contributed by atoms with E-state index in [9.17, 15) is 14.4 Å². The van der Waals surface area contributed by atoms with Crippen molar-refractivity contribution in [3.05, 3.63) is 72.9 Å². The van der Waals surface area contributed by atoms with Crippen molar-refractivity contribution in [1.29, 1.82) is 0 Å². The first-order chi connectivity index (χ1) is 28.0. The van der Waals surface area contributed by atoms with Crippen LogP contribution in [0.1, 0.15) is 213 Å². The van der Waals surface area contributed by atoms with Gasteiger partial charge in [-0.25, -0.2) is 0 Å². The van der Waals surface area contributed by atoms with E-state index in [4.69, 9.17) is 14.2 Å². The Labute approximate surface area is 351 Å². The lowest BCUT2D eigenvalue weighted by Crippen LogP contribution is -2.30. The van der Waals surface area contributed by atoms with E-state index >= 15 is 0 Å². The number of rotatable bonds is 41. The third-order valence-corrected chi connectivity index (χ3v) is 9.66. The minimum Gasteiger partial charge on any atom is -0.462 e. The molecule has 1 atom stereocenters. The van der Waals surface area contributed by atoms with Crippen molar-refractivity contribution in [2.24, 2.45) is 0 Å². The number of carbonyl (C=O) groups excluding carboxylic acids is 3. The lowest BCUT2D eigenvalue weighted by Gasteiger charge is -2.18. The summed E-state index contributed by atoms with van der Waals surface area (Å²) < 4.78 is 16.7. The third-order valence-electron chi connectivity index (χ3n) is 9.66. The van der Waals surface area contributed by atoms with Gasteiger partial charge in [0.25, 0.3) is 0 Å². The summed E-state index contributed by atoms with van der Waals surface area (Å²) in [5.41, 5.74) is 0. The van der Waals surface area contributed by atoms with Crippen LogP contribution in [0.25, 0.3) is 0 Å². The SMILES string of the molecule is CC/C=C\C/C=C\C/C=C\C/C=C\CCCCC(=O)O[C@@H](COC(=O)CCCCCCC/C=C\CCCC)COC(=O)CCCCCCC/C=C\CCCCCC. The lowest BCUT2D eigenvalue weighted by atomic mass is 10.1. The van der Waals surface area contributed by atoms with Crippen LogP contribution in [0.4, 0.5) is 0 Å². The first-order valence-electron chi connectivity index (χ1n) is 23.4. The molecule has 0 heterocycles. The molecule has 0 aliphatic carbocycles. The Balaban J connectivity index is 4.49. The highest BCUT2D eigenvalue weighted by Crippen LogP contribution is 2.12. The molecule has 0 fully saturated rings. The number of ether oxygens (including phenoxy) is 3. The molecule has 0 N–H and O–H groups in total. The zero-order valence-electron chi connectivity index (χ0n) is 37.1. The maximum absolute atomic E-state index is 12.7. The number of allylic oxidation sites excluding steroid dienone is 12. The van der Waals surface area contributed by atoms with Gasteiger partial charge in [0.1, 0.15) is 13.2 Å². The van der Waals surface area contributed by atoms with Crippen LogP contribution in [0.3, 0.4) is 0 Å². The van der Waals surface area contributed by atoms with Gasteiger partial charge in [-0.3, -0.25) is 14.4 Å². The molecule has 0 aromatic rings. The smallest absolute Gasteiger partial charge is 0.306 e. The summed E-state index contributed by atoms with van der Waals surface area (Å²) in [5, 5.41) is 0. The summed E-state index contributed by atoms with van der Waals surface area (Å²) in [5.74, 6) is -0.965. The van der Waals surface area contributed by atoms with Crippen molar-refractivity contribution in [1.82, 2.24) is 0 Å². The first kappa shape index (κ1) is 53.9. The summed E-state index contributed by atoms with van der Waals surface area (Å²) in [7, 11) is 0. The second-order valence-corrected chi connectivity index (χ2v) is 15.3. The van der Waals surface area contributed by atoms with Gasteiger partial charge < -0.3 is 14.2 Å². The largest absolute Gasteiger partial charge is 0.462 e. The van der Waals surface area contributed by atoms with Crippen molar-refractivity contribution >= 4 is 17.9 Å². The van der Waals surface area contributed by atoms with Gasteiger partial charge in [0.05, 0.1) is 0 Å². The van der Waals surface area contributed by atoms with Gasteiger partial charge in [0.15, 0.2) is 6.10 Å². The minimum absolute atomic E-state index is 0.0997. The molecule has 0 radical (unpaired) electrons. The molecule has 326 valence electrons.